The molecule has 0 radical (unpaired) electrons. The van der Waals surface area contributed by atoms with Crippen LogP contribution in [0.3, 0.4) is 0 Å². The number of carbonyl (C=O) groups excluding carboxylic acids is 1. The van der Waals surface area contributed by atoms with Crippen molar-refractivity contribution in [3.63, 3.8) is 0 Å². The van der Waals surface area contributed by atoms with Gasteiger partial charge in [-0.1, -0.05) is 26.3 Å². The second-order valence-electron chi connectivity index (χ2n) is 5.78. The molecule has 1 aromatic rings. The number of carbonyl (C=O) groups is 1. The van der Waals surface area contributed by atoms with Gasteiger partial charge in [-0.25, -0.2) is 8.78 Å². The van der Waals surface area contributed by atoms with E-state index in [0.29, 0.717) is 18.6 Å². The number of nitrogens with one attached hydrogen (secondary N) is 1. The molecule has 23 heavy (non-hydrogen) atoms. The van der Waals surface area contributed by atoms with Crippen molar-refractivity contribution in [2.24, 2.45) is 11.7 Å². The molecule has 4 unspecified atom stereocenters. The second-order valence-corrected chi connectivity index (χ2v) is 5.78. The fraction of sp³-hybridized carbons (Fsp3) is 0.562. The summed E-state index contributed by atoms with van der Waals surface area (Å²) in [6.07, 6.45) is 0.938. The molecule has 3 N–H and O–H groups in total. The molecule has 1 aromatic carbocycles. The van der Waals surface area contributed by atoms with E-state index in [2.05, 4.69) is 5.32 Å². The van der Waals surface area contributed by atoms with Crippen molar-refractivity contribution >= 4 is 18.3 Å². The van der Waals surface area contributed by atoms with E-state index >= 15 is 0 Å². The van der Waals surface area contributed by atoms with Crippen LogP contribution in [-0.4, -0.2) is 24.6 Å². The number of ether oxygens (including phenoxy) is 1. The molecule has 1 amide bonds. The SMILES string of the molecule is CCC(C)C(N)C(=O)NC1CCOC1c1ccc(F)c(F)c1.Cl. The standard InChI is InChI=1S/C16H22F2N2O2.ClH/c1-3-9(2)14(19)16(21)20-13-6-7-22-15(13)10-4-5-11(17)12(18)8-10;/h4-5,8-9,13-15H,3,6-7,19H2,1-2H3,(H,20,21);1H. The van der Waals surface area contributed by atoms with Gasteiger partial charge in [0, 0.05) is 6.61 Å². The van der Waals surface area contributed by atoms with Crippen LogP contribution in [0.15, 0.2) is 18.2 Å². The van der Waals surface area contributed by atoms with Crippen molar-refractivity contribution in [1.82, 2.24) is 5.32 Å². The van der Waals surface area contributed by atoms with Crippen LogP contribution in [0, 0.1) is 17.6 Å². The summed E-state index contributed by atoms with van der Waals surface area (Å²) in [6.45, 7) is 4.34. The fourth-order valence-electron chi connectivity index (χ4n) is 2.55. The predicted molar refractivity (Wildman–Crippen MR) is 86.3 cm³/mol. The first kappa shape index (κ1) is 19.8. The average molecular weight is 349 g/mol. The van der Waals surface area contributed by atoms with Crippen molar-refractivity contribution in [3.8, 4) is 0 Å². The third-order valence-corrected chi connectivity index (χ3v) is 4.25. The molecule has 0 aliphatic carbocycles. The normalized spacial score (nSPS) is 23.0. The first-order valence-corrected chi connectivity index (χ1v) is 7.56. The van der Waals surface area contributed by atoms with Gasteiger partial charge in [0.05, 0.1) is 12.1 Å². The fourth-order valence-corrected chi connectivity index (χ4v) is 2.55. The lowest BCUT2D eigenvalue weighted by Crippen LogP contribution is -2.49. The molecular formula is C16H23ClF2N2O2. The molecule has 4 atom stereocenters. The van der Waals surface area contributed by atoms with Gasteiger partial charge < -0.3 is 15.8 Å². The molecule has 0 bridgehead atoms. The summed E-state index contributed by atoms with van der Waals surface area (Å²) in [5, 5.41) is 2.87. The van der Waals surface area contributed by atoms with Gasteiger partial charge in [0.1, 0.15) is 6.10 Å². The maximum atomic E-state index is 13.4. The summed E-state index contributed by atoms with van der Waals surface area (Å²) in [4.78, 5) is 12.2. The van der Waals surface area contributed by atoms with Crippen LogP contribution < -0.4 is 11.1 Å². The Hall–Kier alpha value is -1.24. The van der Waals surface area contributed by atoms with Gasteiger partial charge in [-0.15, -0.1) is 12.4 Å². The van der Waals surface area contributed by atoms with E-state index in [9.17, 15) is 13.6 Å². The highest BCUT2D eigenvalue weighted by atomic mass is 35.5. The van der Waals surface area contributed by atoms with Crippen LogP contribution in [0.2, 0.25) is 0 Å². The van der Waals surface area contributed by atoms with Crippen LogP contribution in [0.4, 0.5) is 8.78 Å². The van der Waals surface area contributed by atoms with E-state index in [-0.39, 0.29) is 30.3 Å². The van der Waals surface area contributed by atoms with Crippen LogP contribution >= 0.6 is 12.4 Å². The van der Waals surface area contributed by atoms with Crippen molar-refractivity contribution in [2.75, 3.05) is 6.61 Å². The van der Waals surface area contributed by atoms with E-state index in [0.717, 1.165) is 18.6 Å². The lowest BCUT2D eigenvalue weighted by atomic mass is 9.97. The van der Waals surface area contributed by atoms with Gasteiger partial charge in [0.15, 0.2) is 11.6 Å². The van der Waals surface area contributed by atoms with E-state index in [4.69, 9.17) is 10.5 Å². The highest BCUT2D eigenvalue weighted by Crippen LogP contribution is 2.30. The molecule has 0 aromatic heterocycles. The number of benzene rings is 1. The Morgan fingerprint density at radius 1 is 1.43 bits per heavy atom. The minimum Gasteiger partial charge on any atom is -0.371 e. The summed E-state index contributed by atoms with van der Waals surface area (Å²) < 4.78 is 32.0. The third kappa shape index (κ3) is 4.62. The maximum absolute atomic E-state index is 13.4. The molecular weight excluding hydrogens is 326 g/mol. The smallest absolute Gasteiger partial charge is 0.237 e. The van der Waals surface area contributed by atoms with Gasteiger partial charge in [-0.2, -0.15) is 0 Å². The molecule has 1 fully saturated rings. The number of hydrogen-bond acceptors (Lipinski definition) is 3. The molecule has 130 valence electrons. The van der Waals surface area contributed by atoms with Crippen LogP contribution in [0.1, 0.15) is 38.4 Å². The Balaban J connectivity index is 0.00000264. The van der Waals surface area contributed by atoms with E-state index in [1.807, 2.05) is 13.8 Å². The maximum Gasteiger partial charge on any atom is 0.237 e. The number of halogens is 3. The first-order valence-electron chi connectivity index (χ1n) is 7.56. The number of rotatable bonds is 5. The van der Waals surface area contributed by atoms with Crippen molar-refractivity contribution in [2.45, 2.75) is 44.9 Å². The number of nitrogens with two attached hydrogens (primary N) is 1. The van der Waals surface area contributed by atoms with Gasteiger partial charge in [0.25, 0.3) is 0 Å². The molecule has 0 spiro atoms. The lowest BCUT2D eigenvalue weighted by Gasteiger charge is -2.24. The monoisotopic (exact) mass is 348 g/mol. The zero-order valence-corrected chi connectivity index (χ0v) is 14.0. The van der Waals surface area contributed by atoms with Gasteiger partial charge >= 0.3 is 0 Å². The topological polar surface area (TPSA) is 64.4 Å². The van der Waals surface area contributed by atoms with Gasteiger partial charge in [0.2, 0.25) is 5.91 Å². The average Bonchev–Trinajstić information content (AvgIpc) is 2.96. The molecule has 7 heteroatoms. The highest BCUT2D eigenvalue weighted by Gasteiger charge is 2.33. The zero-order valence-electron chi connectivity index (χ0n) is 13.2. The summed E-state index contributed by atoms with van der Waals surface area (Å²) in [5.74, 6) is -1.99. The number of hydrogen-bond donors (Lipinski definition) is 2. The van der Waals surface area contributed by atoms with E-state index in [1.165, 1.54) is 6.07 Å². The van der Waals surface area contributed by atoms with Crippen LogP contribution in [-0.2, 0) is 9.53 Å². The van der Waals surface area contributed by atoms with E-state index < -0.39 is 23.8 Å². The summed E-state index contributed by atoms with van der Waals surface area (Å²) >= 11 is 0. The largest absolute Gasteiger partial charge is 0.371 e. The summed E-state index contributed by atoms with van der Waals surface area (Å²) in [6, 6.07) is 2.78. The Morgan fingerprint density at radius 3 is 2.74 bits per heavy atom. The molecule has 1 saturated heterocycles. The van der Waals surface area contributed by atoms with E-state index in [1.54, 1.807) is 0 Å². The predicted octanol–water partition coefficient (Wildman–Crippen LogP) is 2.71. The Labute approximate surface area is 141 Å². The number of amides is 1. The Kier molecular flexibility index (Phi) is 7.38. The molecule has 1 aliphatic rings. The molecule has 2 rings (SSSR count). The third-order valence-electron chi connectivity index (χ3n) is 4.25. The van der Waals surface area contributed by atoms with Gasteiger partial charge in [-0.05, 0) is 30.0 Å². The van der Waals surface area contributed by atoms with Crippen molar-refractivity contribution in [3.05, 3.63) is 35.4 Å². The van der Waals surface area contributed by atoms with Crippen LogP contribution in [0.5, 0.6) is 0 Å². The quantitative estimate of drug-likeness (QED) is 0.860. The minimum atomic E-state index is -0.922. The Morgan fingerprint density at radius 2 is 2.13 bits per heavy atom. The molecule has 1 aliphatic heterocycles. The molecule has 1 heterocycles. The Bertz CT molecular complexity index is 545. The van der Waals surface area contributed by atoms with Crippen LogP contribution in [0.25, 0.3) is 0 Å². The summed E-state index contributed by atoms with van der Waals surface area (Å²) in [5.41, 5.74) is 6.43. The second kappa shape index (κ2) is 8.57. The molecule has 4 nitrogen and oxygen atoms in total. The minimum absolute atomic E-state index is 0. The van der Waals surface area contributed by atoms with Crippen molar-refractivity contribution < 1.29 is 18.3 Å². The van der Waals surface area contributed by atoms with Gasteiger partial charge in [-0.3, -0.25) is 4.79 Å². The molecule has 0 saturated carbocycles. The first-order chi connectivity index (χ1) is 10.4. The summed E-state index contributed by atoms with van der Waals surface area (Å²) in [7, 11) is 0. The van der Waals surface area contributed by atoms with Crippen molar-refractivity contribution in [1.29, 1.82) is 0 Å². The zero-order chi connectivity index (χ0) is 16.3. The lowest BCUT2D eigenvalue weighted by molar-refractivity contribution is -0.124. The highest BCUT2D eigenvalue weighted by molar-refractivity contribution is 5.85.